The first-order chi connectivity index (χ1) is 18.0. The number of halogens is 5. The first-order valence-electron chi connectivity index (χ1n) is 11.4. The number of aliphatic imine (C=N–C) groups is 1. The number of allylic oxidation sites excluding steroid dienone is 1. The van der Waals surface area contributed by atoms with E-state index in [0.717, 1.165) is 18.5 Å². The smallest absolute Gasteiger partial charge is 0.316 e. The summed E-state index contributed by atoms with van der Waals surface area (Å²) in [4.78, 5) is 24.1. The number of alkyl halides is 3. The van der Waals surface area contributed by atoms with Gasteiger partial charge in [-0.25, -0.2) is 18.6 Å². The van der Waals surface area contributed by atoms with Gasteiger partial charge >= 0.3 is 12.6 Å². The monoisotopic (exact) mass is 569 g/mol. The van der Waals surface area contributed by atoms with Crippen LogP contribution in [0.5, 0.6) is 0 Å². The van der Waals surface area contributed by atoms with Gasteiger partial charge in [0.25, 0.3) is 0 Å². The van der Waals surface area contributed by atoms with Gasteiger partial charge in [-0.1, -0.05) is 17.7 Å². The highest BCUT2D eigenvalue weighted by molar-refractivity contribution is 7.11. The lowest BCUT2D eigenvalue weighted by Crippen LogP contribution is -2.45. The summed E-state index contributed by atoms with van der Waals surface area (Å²) in [5.74, 6) is -0.272. The average Bonchev–Trinajstić information content (AvgIpc) is 3.51. The minimum atomic E-state index is -2.91. The molecule has 3 heterocycles. The second-order valence-electron chi connectivity index (χ2n) is 8.90. The number of carbonyl (C=O) groups excluding carboxylic acids is 1. The SMILES string of the molecule is CN(C)C(=O)NCC1(F)CC2=C(/C(C=N)=C/NC(F)F)[C@H](c3ccc(F)cc3Cl)N=C(c3nccs3)N2C1. The summed E-state index contributed by atoms with van der Waals surface area (Å²) < 4.78 is 56.3. The molecule has 2 atom stereocenters. The van der Waals surface area contributed by atoms with Gasteiger partial charge < -0.3 is 25.8 Å². The molecule has 4 rings (SSSR count). The van der Waals surface area contributed by atoms with Crippen molar-refractivity contribution in [3.8, 4) is 0 Å². The number of aromatic nitrogens is 1. The predicted octanol–water partition coefficient (Wildman–Crippen LogP) is 4.72. The molecule has 2 aromatic rings. The Kier molecular flexibility index (Phi) is 8.07. The third kappa shape index (κ3) is 5.68. The molecule has 2 aliphatic heterocycles. The number of carbonyl (C=O) groups is 1. The zero-order valence-corrected chi connectivity index (χ0v) is 21.9. The fourth-order valence-electron chi connectivity index (χ4n) is 4.33. The van der Waals surface area contributed by atoms with E-state index >= 15 is 4.39 Å². The molecule has 14 heteroatoms. The molecule has 1 unspecified atom stereocenters. The van der Waals surface area contributed by atoms with Crippen molar-refractivity contribution in [3.05, 3.63) is 74.2 Å². The minimum Gasteiger partial charge on any atom is -0.336 e. The fourth-order valence-corrected chi connectivity index (χ4v) is 5.24. The van der Waals surface area contributed by atoms with Crippen molar-refractivity contribution in [1.82, 2.24) is 25.4 Å². The van der Waals surface area contributed by atoms with Gasteiger partial charge in [-0.3, -0.25) is 4.99 Å². The number of urea groups is 1. The Balaban J connectivity index is 1.90. The van der Waals surface area contributed by atoms with Crippen molar-refractivity contribution in [2.75, 3.05) is 27.2 Å². The number of nitrogens with one attached hydrogen (secondary N) is 3. The number of amides is 2. The Labute approximate surface area is 225 Å². The normalized spacial score (nSPS) is 21.4. The summed E-state index contributed by atoms with van der Waals surface area (Å²) >= 11 is 7.66. The number of nitrogens with zero attached hydrogens (tertiary/aromatic N) is 4. The largest absolute Gasteiger partial charge is 0.336 e. The molecule has 3 N–H and O–H groups in total. The van der Waals surface area contributed by atoms with Crippen molar-refractivity contribution < 1.29 is 22.4 Å². The molecule has 1 aromatic heterocycles. The van der Waals surface area contributed by atoms with E-state index in [1.807, 2.05) is 5.32 Å². The number of hydrogen-bond acceptors (Lipinski definition) is 7. The van der Waals surface area contributed by atoms with Crippen LogP contribution in [0.1, 0.15) is 23.0 Å². The molecule has 0 saturated carbocycles. The second-order valence-corrected chi connectivity index (χ2v) is 10.2. The summed E-state index contributed by atoms with van der Waals surface area (Å²) in [6.07, 6.45) is 3.15. The predicted molar refractivity (Wildman–Crippen MR) is 138 cm³/mol. The van der Waals surface area contributed by atoms with E-state index in [4.69, 9.17) is 22.0 Å². The topological polar surface area (TPSA) is 96.7 Å². The van der Waals surface area contributed by atoms with Crippen LogP contribution >= 0.6 is 22.9 Å². The van der Waals surface area contributed by atoms with E-state index < -0.39 is 30.1 Å². The lowest BCUT2D eigenvalue weighted by molar-refractivity contribution is 0.125. The molecule has 0 radical (unpaired) electrons. The van der Waals surface area contributed by atoms with E-state index in [9.17, 15) is 18.0 Å². The van der Waals surface area contributed by atoms with Crippen molar-refractivity contribution in [1.29, 1.82) is 5.41 Å². The van der Waals surface area contributed by atoms with Crippen LogP contribution in [-0.4, -0.2) is 72.3 Å². The van der Waals surface area contributed by atoms with E-state index in [0.29, 0.717) is 22.1 Å². The van der Waals surface area contributed by atoms with Crippen LogP contribution in [0.4, 0.5) is 22.4 Å². The summed E-state index contributed by atoms with van der Waals surface area (Å²) in [6.45, 7) is -3.46. The Bertz CT molecular complexity index is 1310. The molecule has 1 aromatic carbocycles. The lowest BCUT2D eigenvalue weighted by Gasteiger charge is -2.33. The van der Waals surface area contributed by atoms with Crippen LogP contribution in [0, 0.1) is 11.2 Å². The van der Waals surface area contributed by atoms with Crippen LogP contribution in [0.2, 0.25) is 5.02 Å². The molecule has 2 amide bonds. The molecule has 1 saturated heterocycles. The third-order valence-corrected chi connectivity index (χ3v) is 7.11. The lowest BCUT2D eigenvalue weighted by atomic mass is 9.89. The molecular formula is C24H24ClF4N7OS. The van der Waals surface area contributed by atoms with Gasteiger partial charge in [-0.15, -0.1) is 11.3 Å². The molecule has 8 nitrogen and oxygen atoms in total. The van der Waals surface area contributed by atoms with Crippen LogP contribution in [0.25, 0.3) is 0 Å². The average molecular weight is 570 g/mol. The maximum atomic E-state index is 16.3. The van der Waals surface area contributed by atoms with Gasteiger partial charge in [0.15, 0.2) is 16.5 Å². The highest BCUT2D eigenvalue weighted by atomic mass is 35.5. The Morgan fingerprint density at radius 3 is 2.79 bits per heavy atom. The summed E-state index contributed by atoms with van der Waals surface area (Å²) in [5, 5.41) is 14.6. The number of benzene rings is 1. The number of amidine groups is 1. The molecule has 0 bridgehead atoms. The van der Waals surface area contributed by atoms with Crippen LogP contribution in [0.3, 0.4) is 0 Å². The van der Waals surface area contributed by atoms with Crippen LogP contribution < -0.4 is 10.6 Å². The Morgan fingerprint density at radius 1 is 1.42 bits per heavy atom. The van der Waals surface area contributed by atoms with Gasteiger partial charge in [0.1, 0.15) is 11.9 Å². The van der Waals surface area contributed by atoms with Crippen LogP contribution in [-0.2, 0) is 0 Å². The maximum absolute atomic E-state index is 16.3. The number of rotatable bonds is 8. The Morgan fingerprint density at radius 2 is 2.18 bits per heavy atom. The highest BCUT2D eigenvalue weighted by Gasteiger charge is 2.48. The van der Waals surface area contributed by atoms with Crippen molar-refractivity contribution in [3.63, 3.8) is 0 Å². The number of hydrogen-bond donors (Lipinski definition) is 3. The molecule has 1 fully saturated rings. The number of fused-ring (bicyclic) bond motifs is 1. The third-order valence-electron chi connectivity index (χ3n) is 6.02. The minimum absolute atomic E-state index is 0.0132. The molecular weight excluding hydrogens is 546 g/mol. The molecule has 2 aliphatic rings. The molecule has 38 heavy (non-hydrogen) atoms. The van der Waals surface area contributed by atoms with Crippen molar-refractivity contribution in [2.45, 2.75) is 24.7 Å². The Hall–Kier alpha value is -3.45. The zero-order chi connectivity index (χ0) is 27.6. The summed E-state index contributed by atoms with van der Waals surface area (Å²) in [6, 6.07) is 2.23. The second kappa shape index (κ2) is 11.1. The first-order valence-corrected chi connectivity index (χ1v) is 12.6. The maximum Gasteiger partial charge on any atom is 0.316 e. The molecule has 0 aliphatic carbocycles. The standard InChI is InChI=1S/C24H24ClF4N7OS/c1-35(2)23(37)33-11-24(29)8-17-18(13(9-30)10-32-22(27)28)19(15-4-3-14(26)7-16(15)25)34-20(36(17)12-24)21-31-5-6-38-21/h3-7,9-10,19,22,30,32H,8,11-12H2,1-2H3,(H,33,37)/b13-10+,30-9?/t19-,24?/m0/s1. The fraction of sp³-hybridized carbons (Fsp3) is 0.333. The zero-order valence-electron chi connectivity index (χ0n) is 20.3. The van der Waals surface area contributed by atoms with E-state index in [1.165, 1.54) is 42.5 Å². The van der Waals surface area contributed by atoms with Crippen LogP contribution in [0.15, 0.2) is 57.8 Å². The first kappa shape index (κ1) is 27.6. The summed E-state index contributed by atoms with van der Waals surface area (Å²) in [5.41, 5.74) is -0.997. The number of thiazole rings is 1. The van der Waals surface area contributed by atoms with Gasteiger partial charge in [0.2, 0.25) is 0 Å². The highest BCUT2D eigenvalue weighted by Crippen LogP contribution is 2.47. The van der Waals surface area contributed by atoms with Gasteiger partial charge in [-0.05, 0) is 17.7 Å². The molecule has 202 valence electrons. The van der Waals surface area contributed by atoms with Crippen molar-refractivity contribution in [2.24, 2.45) is 4.99 Å². The van der Waals surface area contributed by atoms with Gasteiger partial charge in [-0.2, -0.15) is 8.78 Å². The van der Waals surface area contributed by atoms with E-state index in [1.54, 1.807) is 16.5 Å². The van der Waals surface area contributed by atoms with E-state index in [-0.39, 0.29) is 35.7 Å². The quantitative estimate of drug-likeness (QED) is 0.243. The van der Waals surface area contributed by atoms with Gasteiger partial charge in [0, 0.05) is 66.4 Å². The van der Waals surface area contributed by atoms with Crippen molar-refractivity contribution >= 4 is 41.0 Å². The van der Waals surface area contributed by atoms with Gasteiger partial charge in [0.05, 0.1) is 13.1 Å². The summed E-state index contributed by atoms with van der Waals surface area (Å²) in [7, 11) is 3.06. The van der Waals surface area contributed by atoms with E-state index in [2.05, 4.69) is 10.3 Å². The molecule has 0 spiro atoms.